The van der Waals surface area contributed by atoms with E-state index in [0.717, 1.165) is 54.3 Å². The Bertz CT molecular complexity index is 1420. The molecule has 1 amide bonds. The minimum Gasteiger partial charge on any atom is -0.489 e. The van der Waals surface area contributed by atoms with Crippen molar-refractivity contribution < 1.29 is 14.3 Å². The second-order valence-corrected chi connectivity index (χ2v) is 10.4. The molecule has 0 bridgehead atoms. The van der Waals surface area contributed by atoms with Crippen molar-refractivity contribution in [2.45, 2.75) is 26.6 Å². The van der Waals surface area contributed by atoms with Crippen LogP contribution < -0.4 is 19.7 Å². The second-order valence-electron chi connectivity index (χ2n) is 10.0. The van der Waals surface area contributed by atoms with E-state index in [-0.39, 0.29) is 5.88 Å². The van der Waals surface area contributed by atoms with Gasteiger partial charge in [0.25, 0.3) is 0 Å². The molecule has 1 aliphatic rings. The molecule has 208 valence electrons. The zero-order valence-corrected chi connectivity index (χ0v) is 23.6. The normalized spacial score (nSPS) is 13.7. The Morgan fingerprint density at radius 2 is 1.70 bits per heavy atom. The van der Waals surface area contributed by atoms with Gasteiger partial charge in [-0.1, -0.05) is 54.1 Å². The Morgan fingerprint density at radius 3 is 2.45 bits per heavy atom. The van der Waals surface area contributed by atoms with Crippen LogP contribution in [-0.4, -0.2) is 54.0 Å². The van der Waals surface area contributed by atoms with Gasteiger partial charge in [-0.2, -0.15) is 0 Å². The van der Waals surface area contributed by atoms with Crippen LogP contribution in [0.25, 0.3) is 0 Å². The number of halogens is 1. The molecule has 0 unspecified atom stereocenters. The summed E-state index contributed by atoms with van der Waals surface area (Å²) in [5.74, 6) is 0.955. The number of carbonyl (C=O) groups excluding carboxylic acids is 1. The SMILES string of the molecule is Cc1cc(OC(=O)NCc2ccc(N3CCN(C)CC3)cc2)nn1Cc1cc(Cl)ccc1OCc1ccccc1. The first-order chi connectivity index (χ1) is 19.4. The molecule has 5 rings (SSSR count). The van der Waals surface area contributed by atoms with Crippen LogP contribution in [0, 0.1) is 6.92 Å². The molecule has 1 aromatic heterocycles. The number of nitrogens with zero attached hydrogens (tertiary/aromatic N) is 4. The molecule has 4 aromatic rings. The summed E-state index contributed by atoms with van der Waals surface area (Å²) in [5, 5.41) is 7.91. The Kier molecular flexibility index (Phi) is 8.88. The topological polar surface area (TPSA) is 71.9 Å². The van der Waals surface area contributed by atoms with E-state index in [1.165, 1.54) is 5.69 Å². The highest BCUT2D eigenvalue weighted by molar-refractivity contribution is 6.30. The van der Waals surface area contributed by atoms with Gasteiger partial charge in [-0.05, 0) is 55.4 Å². The highest BCUT2D eigenvalue weighted by Gasteiger charge is 2.15. The van der Waals surface area contributed by atoms with Crippen molar-refractivity contribution in [1.29, 1.82) is 0 Å². The van der Waals surface area contributed by atoms with Gasteiger partial charge in [0.2, 0.25) is 5.88 Å². The average Bonchev–Trinajstić information content (AvgIpc) is 3.30. The van der Waals surface area contributed by atoms with E-state index in [4.69, 9.17) is 21.1 Å². The third-order valence-electron chi connectivity index (χ3n) is 6.98. The van der Waals surface area contributed by atoms with Crippen LogP contribution in [0.3, 0.4) is 0 Å². The predicted octanol–water partition coefficient (Wildman–Crippen LogP) is 5.51. The summed E-state index contributed by atoms with van der Waals surface area (Å²) < 4.78 is 13.3. The molecule has 9 heteroatoms. The summed E-state index contributed by atoms with van der Waals surface area (Å²) >= 11 is 6.29. The number of aryl methyl sites for hydroxylation is 1. The Balaban J connectivity index is 1.15. The van der Waals surface area contributed by atoms with Crippen LogP contribution in [-0.2, 0) is 19.7 Å². The maximum Gasteiger partial charge on any atom is 0.414 e. The van der Waals surface area contributed by atoms with Crippen molar-refractivity contribution in [2.75, 3.05) is 38.1 Å². The molecule has 0 spiro atoms. The van der Waals surface area contributed by atoms with Crippen LogP contribution in [0.2, 0.25) is 5.02 Å². The third kappa shape index (κ3) is 7.34. The minimum atomic E-state index is -0.553. The first kappa shape index (κ1) is 27.6. The monoisotopic (exact) mass is 559 g/mol. The van der Waals surface area contributed by atoms with E-state index in [1.807, 2.05) is 61.5 Å². The van der Waals surface area contributed by atoms with Gasteiger partial charge < -0.3 is 24.6 Å². The van der Waals surface area contributed by atoms with Crippen LogP contribution >= 0.6 is 11.6 Å². The van der Waals surface area contributed by atoms with Crippen molar-refractivity contribution >= 4 is 23.4 Å². The molecular weight excluding hydrogens is 526 g/mol. The van der Waals surface area contributed by atoms with E-state index in [1.54, 1.807) is 16.8 Å². The highest BCUT2D eigenvalue weighted by Crippen LogP contribution is 2.26. The number of ether oxygens (including phenoxy) is 2. The van der Waals surface area contributed by atoms with Crippen LogP contribution in [0.15, 0.2) is 78.9 Å². The molecule has 0 atom stereocenters. The minimum absolute atomic E-state index is 0.231. The number of nitrogens with one attached hydrogen (secondary N) is 1. The van der Waals surface area contributed by atoms with E-state index in [2.05, 4.69) is 39.4 Å². The lowest BCUT2D eigenvalue weighted by Gasteiger charge is -2.34. The van der Waals surface area contributed by atoms with Gasteiger partial charge in [-0.15, -0.1) is 5.10 Å². The lowest BCUT2D eigenvalue weighted by atomic mass is 10.2. The maximum atomic E-state index is 12.5. The van der Waals surface area contributed by atoms with Gasteiger partial charge in [0, 0.05) is 60.8 Å². The lowest BCUT2D eigenvalue weighted by molar-refractivity contribution is 0.197. The number of hydrogen-bond donors (Lipinski definition) is 1. The van der Waals surface area contributed by atoms with Crippen molar-refractivity contribution in [3.63, 3.8) is 0 Å². The Morgan fingerprint density at radius 1 is 0.950 bits per heavy atom. The van der Waals surface area contributed by atoms with Gasteiger partial charge in [-0.25, -0.2) is 4.79 Å². The lowest BCUT2D eigenvalue weighted by Crippen LogP contribution is -2.44. The predicted molar refractivity (Wildman–Crippen MR) is 157 cm³/mol. The molecule has 1 N–H and O–H groups in total. The number of anilines is 1. The van der Waals surface area contributed by atoms with Crippen molar-refractivity contribution in [2.24, 2.45) is 0 Å². The van der Waals surface area contributed by atoms with Crippen LogP contribution in [0.5, 0.6) is 11.6 Å². The Labute approximate surface area is 240 Å². The fraction of sp³-hybridized carbons (Fsp3) is 0.290. The second kappa shape index (κ2) is 12.9. The van der Waals surface area contributed by atoms with Gasteiger partial charge >= 0.3 is 6.09 Å². The molecule has 1 saturated heterocycles. The van der Waals surface area contributed by atoms with Crippen LogP contribution in [0.4, 0.5) is 10.5 Å². The molecule has 40 heavy (non-hydrogen) atoms. The molecule has 0 radical (unpaired) electrons. The van der Waals surface area contributed by atoms with Gasteiger partial charge in [-0.3, -0.25) is 4.68 Å². The first-order valence-electron chi connectivity index (χ1n) is 13.4. The van der Waals surface area contributed by atoms with E-state index in [0.29, 0.717) is 24.7 Å². The molecule has 8 nitrogen and oxygen atoms in total. The number of amides is 1. The quantitative estimate of drug-likeness (QED) is 0.291. The van der Waals surface area contributed by atoms with Crippen LogP contribution in [0.1, 0.15) is 22.4 Å². The summed E-state index contributed by atoms with van der Waals surface area (Å²) in [4.78, 5) is 17.2. The summed E-state index contributed by atoms with van der Waals surface area (Å²) in [5.41, 5.74) is 5.00. The van der Waals surface area contributed by atoms with E-state index >= 15 is 0 Å². The van der Waals surface area contributed by atoms with Gasteiger partial charge in [0.15, 0.2) is 0 Å². The molecule has 1 fully saturated rings. The van der Waals surface area contributed by atoms with Crippen molar-refractivity contribution in [3.05, 3.63) is 106 Å². The average molecular weight is 560 g/mol. The van der Waals surface area contributed by atoms with E-state index in [9.17, 15) is 4.79 Å². The summed E-state index contributed by atoms with van der Waals surface area (Å²) in [6.07, 6.45) is -0.553. The number of aromatic nitrogens is 2. The summed E-state index contributed by atoms with van der Waals surface area (Å²) in [6.45, 7) is 7.31. The largest absolute Gasteiger partial charge is 0.489 e. The fourth-order valence-electron chi connectivity index (χ4n) is 4.59. The Hall–Kier alpha value is -4.01. The number of rotatable bonds is 9. The summed E-state index contributed by atoms with van der Waals surface area (Å²) in [7, 11) is 2.15. The number of piperazine rings is 1. The number of carbonyl (C=O) groups is 1. The third-order valence-corrected chi connectivity index (χ3v) is 7.21. The maximum absolute atomic E-state index is 12.5. The fourth-order valence-corrected chi connectivity index (χ4v) is 4.79. The smallest absolute Gasteiger partial charge is 0.414 e. The number of benzene rings is 3. The van der Waals surface area contributed by atoms with E-state index < -0.39 is 6.09 Å². The molecule has 0 aliphatic carbocycles. The highest BCUT2D eigenvalue weighted by atomic mass is 35.5. The zero-order valence-electron chi connectivity index (χ0n) is 22.8. The van der Waals surface area contributed by atoms with Gasteiger partial charge in [0.1, 0.15) is 12.4 Å². The molecule has 1 aliphatic heterocycles. The zero-order chi connectivity index (χ0) is 27.9. The number of hydrogen-bond acceptors (Lipinski definition) is 6. The van der Waals surface area contributed by atoms with Crippen molar-refractivity contribution in [3.8, 4) is 11.6 Å². The number of likely N-dealkylation sites (N-methyl/N-ethyl adjacent to an activating group) is 1. The van der Waals surface area contributed by atoms with Gasteiger partial charge in [0.05, 0.1) is 6.54 Å². The standard InChI is InChI=1S/C31H34ClN5O3/c1-23-18-30(40-31(38)33-20-24-8-11-28(12-9-24)36-16-14-35(2)15-17-36)34-37(23)21-26-19-27(32)10-13-29(26)39-22-25-6-4-3-5-7-25/h3-13,18-19H,14-17,20-22H2,1-2H3,(H,33,38). The molecule has 3 aromatic carbocycles. The molecular formula is C31H34ClN5O3. The summed E-state index contributed by atoms with van der Waals surface area (Å²) in [6, 6.07) is 25.5. The molecule has 0 saturated carbocycles. The molecule has 2 heterocycles. The van der Waals surface area contributed by atoms with Crippen molar-refractivity contribution in [1.82, 2.24) is 20.0 Å². The first-order valence-corrected chi connectivity index (χ1v) is 13.8.